The van der Waals surface area contributed by atoms with Crippen molar-refractivity contribution >= 4 is 50.7 Å². The third-order valence-corrected chi connectivity index (χ3v) is 8.54. The van der Waals surface area contributed by atoms with Gasteiger partial charge in [0.15, 0.2) is 6.61 Å². The number of benzene rings is 1. The standard InChI is InChI=1S/C18H16ClN3O5S3/c19-13-4-2-1-3-12(13)17-20-15(21-27-17)11-26-18(23)16-14(5-8-29-16)30(24,25)22-6-9-28-10-7-22/h1-5,8H,6-7,9-11H2. The molecule has 0 N–H and O–H groups in total. The van der Waals surface area contributed by atoms with E-state index < -0.39 is 16.0 Å². The number of thioether (sulfide) groups is 1. The number of halogens is 1. The zero-order valence-corrected chi connectivity index (χ0v) is 18.7. The molecule has 1 aliphatic heterocycles. The second-order valence-electron chi connectivity index (χ2n) is 6.20. The van der Waals surface area contributed by atoms with Crippen LogP contribution in [-0.4, -0.2) is 53.4 Å². The van der Waals surface area contributed by atoms with Gasteiger partial charge in [0.1, 0.15) is 9.77 Å². The summed E-state index contributed by atoms with van der Waals surface area (Å²) in [5, 5.41) is 5.80. The average Bonchev–Trinajstić information content (AvgIpc) is 3.43. The van der Waals surface area contributed by atoms with Crippen molar-refractivity contribution in [3.63, 3.8) is 0 Å². The van der Waals surface area contributed by atoms with Gasteiger partial charge >= 0.3 is 5.97 Å². The van der Waals surface area contributed by atoms with E-state index in [0.717, 1.165) is 22.8 Å². The van der Waals surface area contributed by atoms with Gasteiger partial charge in [-0.15, -0.1) is 11.3 Å². The number of carbonyl (C=O) groups excluding carboxylic acids is 1. The molecule has 4 rings (SSSR count). The van der Waals surface area contributed by atoms with Crippen molar-refractivity contribution < 1.29 is 22.5 Å². The van der Waals surface area contributed by atoms with Gasteiger partial charge in [0, 0.05) is 24.6 Å². The lowest BCUT2D eigenvalue weighted by Crippen LogP contribution is -2.38. The van der Waals surface area contributed by atoms with Gasteiger partial charge in [0.05, 0.1) is 10.6 Å². The number of rotatable bonds is 6. The molecule has 2 aromatic heterocycles. The first-order chi connectivity index (χ1) is 14.5. The fourth-order valence-corrected chi connectivity index (χ4v) is 6.90. The lowest BCUT2D eigenvalue weighted by atomic mass is 10.2. The molecule has 1 saturated heterocycles. The Bertz CT molecular complexity index is 1160. The molecule has 0 atom stereocenters. The fourth-order valence-electron chi connectivity index (χ4n) is 2.83. The number of esters is 1. The van der Waals surface area contributed by atoms with E-state index in [2.05, 4.69) is 10.1 Å². The number of hydrogen-bond acceptors (Lipinski definition) is 9. The first-order valence-electron chi connectivity index (χ1n) is 8.87. The van der Waals surface area contributed by atoms with E-state index >= 15 is 0 Å². The second kappa shape index (κ2) is 9.06. The Kier molecular flexibility index (Phi) is 6.44. The predicted molar refractivity (Wildman–Crippen MR) is 114 cm³/mol. The molecule has 1 aliphatic rings. The van der Waals surface area contributed by atoms with Gasteiger partial charge in [-0.2, -0.15) is 21.1 Å². The average molecular weight is 486 g/mol. The summed E-state index contributed by atoms with van der Waals surface area (Å²) in [6, 6.07) is 8.42. The summed E-state index contributed by atoms with van der Waals surface area (Å²) >= 11 is 8.84. The Labute approximate surface area is 186 Å². The Balaban J connectivity index is 1.46. The van der Waals surface area contributed by atoms with Gasteiger partial charge in [0.2, 0.25) is 15.8 Å². The van der Waals surface area contributed by atoms with Crippen LogP contribution in [0.15, 0.2) is 45.1 Å². The van der Waals surface area contributed by atoms with Crippen LogP contribution in [0.3, 0.4) is 0 Å². The van der Waals surface area contributed by atoms with Gasteiger partial charge in [-0.1, -0.05) is 28.9 Å². The second-order valence-corrected chi connectivity index (χ2v) is 10.7. The minimum absolute atomic E-state index is 0.0306. The molecule has 0 bridgehead atoms. The quantitative estimate of drug-likeness (QED) is 0.488. The van der Waals surface area contributed by atoms with Crippen LogP contribution in [0, 0.1) is 0 Å². The van der Waals surface area contributed by atoms with E-state index in [1.807, 2.05) is 0 Å². The topological polar surface area (TPSA) is 103 Å². The summed E-state index contributed by atoms with van der Waals surface area (Å²) in [6.45, 7) is 0.584. The minimum atomic E-state index is -3.75. The van der Waals surface area contributed by atoms with Crippen molar-refractivity contribution in [1.82, 2.24) is 14.4 Å². The first kappa shape index (κ1) is 21.3. The summed E-state index contributed by atoms with van der Waals surface area (Å²) in [6.07, 6.45) is 0. The van der Waals surface area contributed by atoms with Crippen molar-refractivity contribution in [2.75, 3.05) is 24.6 Å². The highest BCUT2D eigenvalue weighted by molar-refractivity contribution is 7.99. The number of aromatic nitrogens is 2. The maximum Gasteiger partial charge on any atom is 0.350 e. The van der Waals surface area contributed by atoms with Crippen molar-refractivity contribution in [3.05, 3.63) is 51.4 Å². The molecule has 12 heteroatoms. The molecule has 3 aromatic rings. The molecule has 0 spiro atoms. The van der Waals surface area contributed by atoms with Gasteiger partial charge < -0.3 is 9.26 Å². The molecule has 0 amide bonds. The predicted octanol–water partition coefficient (Wildman–Crippen LogP) is 3.55. The van der Waals surface area contributed by atoms with Crippen molar-refractivity contribution in [2.24, 2.45) is 0 Å². The molecule has 8 nitrogen and oxygen atoms in total. The lowest BCUT2D eigenvalue weighted by molar-refractivity contribution is 0.0461. The first-order valence-corrected chi connectivity index (χ1v) is 12.7. The van der Waals surface area contributed by atoms with Crippen LogP contribution in [-0.2, 0) is 21.4 Å². The zero-order valence-electron chi connectivity index (χ0n) is 15.5. The molecule has 0 saturated carbocycles. The van der Waals surface area contributed by atoms with Gasteiger partial charge in [-0.05, 0) is 23.6 Å². The smallest absolute Gasteiger partial charge is 0.350 e. The summed E-state index contributed by atoms with van der Waals surface area (Å²) in [7, 11) is -3.75. The summed E-state index contributed by atoms with van der Waals surface area (Å²) in [4.78, 5) is 16.7. The Morgan fingerprint density at radius 1 is 1.23 bits per heavy atom. The number of ether oxygens (including phenoxy) is 1. The number of thiophene rings is 1. The normalized spacial score (nSPS) is 15.2. The molecular weight excluding hydrogens is 470 g/mol. The Morgan fingerprint density at radius 3 is 2.77 bits per heavy atom. The zero-order chi connectivity index (χ0) is 21.1. The van der Waals surface area contributed by atoms with Crippen LogP contribution >= 0.6 is 34.7 Å². The van der Waals surface area contributed by atoms with E-state index in [-0.39, 0.29) is 28.1 Å². The Morgan fingerprint density at radius 2 is 2.00 bits per heavy atom. The molecule has 30 heavy (non-hydrogen) atoms. The summed E-state index contributed by atoms with van der Waals surface area (Å²) in [5.74, 6) is 1.06. The van der Waals surface area contributed by atoms with Gasteiger partial charge in [0.25, 0.3) is 5.89 Å². The molecule has 3 heterocycles. The van der Waals surface area contributed by atoms with E-state index in [0.29, 0.717) is 23.7 Å². The van der Waals surface area contributed by atoms with E-state index in [4.69, 9.17) is 20.9 Å². The molecular formula is C18H16ClN3O5S3. The summed E-state index contributed by atoms with van der Waals surface area (Å²) < 4.78 is 37.6. The summed E-state index contributed by atoms with van der Waals surface area (Å²) in [5.41, 5.74) is 0.565. The van der Waals surface area contributed by atoms with Crippen LogP contribution in [0.4, 0.5) is 0 Å². The fraction of sp³-hybridized carbons (Fsp3) is 0.278. The molecule has 0 unspecified atom stereocenters. The third kappa shape index (κ3) is 4.40. The van der Waals surface area contributed by atoms with Crippen LogP contribution < -0.4 is 0 Å². The monoisotopic (exact) mass is 485 g/mol. The number of carbonyl (C=O) groups is 1. The van der Waals surface area contributed by atoms with Crippen LogP contribution in [0.25, 0.3) is 11.5 Å². The number of nitrogens with zero attached hydrogens (tertiary/aromatic N) is 3. The van der Waals surface area contributed by atoms with Crippen molar-refractivity contribution in [2.45, 2.75) is 11.5 Å². The van der Waals surface area contributed by atoms with E-state index in [1.165, 1.54) is 10.4 Å². The molecule has 0 radical (unpaired) electrons. The highest BCUT2D eigenvalue weighted by atomic mass is 35.5. The van der Waals surface area contributed by atoms with E-state index in [1.54, 1.807) is 41.4 Å². The number of hydrogen-bond donors (Lipinski definition) is 0. The third-order valence-electron chi connectivity index (χ3n) is 4.31. The molecule has 0 aliphatic carbocycles. The largest absolute Gasteiger partial charge is 0.453 e. The Hall–Kier alpha value is -1.92. The molecule has 158 valence electrons. The van der Waals surface area contributed by atoms with Crippen molar-refractivity contribution in [3.8, 4) is 11.5 Å². The highest BCUT2D eigenvalue weighted by Crippen LogP contribution is 2.28. The number of sulfonamides is 1. The maximum atomic E-state index is 12.9. The maximum absolute atomic E-state index is 12.9. The van der Waals surface area contributed by atoms with Crippen LogP contribution in [0.2, 0.25) is 5.02 Å². The highest BCUT2D eigenvalue weighted by Gasteiger charge is 2.31. The SMILES string of the molecule is O=C(OCc1noc(-c2ccccc2Cl)n1)c1sccc1S(=O)(=O)N1CCSCC1. The molecule has 1 fully saturated rings. The van der Waals surface area contributed by atoms with Gasteiger partial charge in [-0.3, -0.25) is 0 Å². The van der Waals surface area contributed by atoms with Crippen molar-refractivity contribution in [1.29, 1.82) is 0 Å². The van der Waals surface area contributed by atoms with Gasteiger partial charge in [-0.25, -0.2) is 13.2 Å². The molecule has 1 aromatic carbocycles. The van der Waals surface area contributed by atoms with E-state index in [9.17, 15) is 13.2 Å². The minimum Gasteiger partial charge on any atom is -0.453 e. The van der Waals surface area contributed by atoms with Crippen LogP contribution in [0.5, 0.6) is 0 Å². The van der Waals surface area contributed by atoms with Crippen LogP contribution in [0.1, 0.15) is 15.5 Å². The lowest BCUT2D eigenvalue weighted by Gasteiger charge is -2.25.